The topological polar surface area (TPSA) is 77.4 Å². The monoisotopic (exact) mass is 422 g/mol. The largest absolute Gasteiger partial charge is 0.550 e. The van der Waals surface area contributed by atoms with E-state index < -0.39 is 18.4 Å². The lowest BCUT2D eigenvalue weighted by molar-refractivity contribution is -0.305. The van der Waals surface area contributed by atoms with Gasteiger partial charge < -0.3 is 15.0 Å². The van der Waals surface area contributed by atoms with Crippen LogP contribution in [0.4, 0.5) is 0 Å². The second-order valence-electron chi connectivity index (χ2n) is 7.62. The standard InChI is InChI=1S/C22H23S.C3H4O4/c1-22(2,3)20-16-10-11-17-21(20)23(18-12-6-4-7-13-18)19-14-8-5-9-15-19;4-2(5)1-3(6)7/h4-17H,1-3H3;1H2,(H,4,5)(H,6,7)/q+1;/p-1. The summed E-state index contributed by atoms with van der Waals surface area (Å²) in [5, 5.41) is 17.0. The fraction of sp³-hybridized carbons (Fsp3) is 0.200. The molecule has 156 valence electrons. The van der Waals surface area contributed by atoms with Crippen molar-refractivity contribution >= 4 is 22.8 Å². The summed E-state index contributed by atoms with van der Waals surface area (Å²) in [7, 11) is -0.0727. The van der Waals surface area contributed by atoms with Crippen LogP contribution < -0.4 is 5.11 Å². The minimum Gasteiger partial charge on any atom is -0.550 e. The number of hydrogen-bond donors (Lipinski definition) is 1. The van der Waals surface area contributed by atoms with Gasteiger partial charge in [-0.2, -0.15) is 0 Å². The Morgan fingerprint density at radius 1 is 0.800 bits per heavy atom. The highest BCUT2D eigenvalue weighted by Gasteiger charge is 2.33. The van der Waals surface area contributed by atoms with E-state index in [-0.39, 0.29) is 16.3 Å². The zero-order valence-corrected chi connectivity index (χ0v) is 18.2. The first kappa shape index (κ1) is 23.2. The van der Waals surface area contributed by atoms with Gasteiger partial charge in [-0.15, -0.1) is 0 Å². The number of rotatable bonds is 5. The molecule has 1 N–H and O–H groups in total. The predicted molar refractivity (Wildman–Crippen MR) is 117 cm³/mol. The van der Waals surface area contributed by atoms with Crippen molar-refractivity contribution in [3.8, 4) is 0 Å². The summed E-state index contributed by atoms with van der Waals surface area (Å²) in [6.07, 6.45) is -0.917. The summed E-state index contributed by atoms with van der Waals surface area (Å²) < 4.78 is 0. The third-order valence-corrected chi connectivity index (χ3v) is 6.45. The zero-order valence-electron chi connectivity index (χ0n) is 17.4. The van der Waals surface area contributed by atoms with Crippen molar-refractivity contribution in [2.24, 2.45) is 0 Å². The summed E-state index contributed by atoms with van der Waals surface area (Å²) in [4.78, 5) is 22.9. The molecule has 0 spiro atoms. The zero-order chi connectivity index (χ0) is 22.1. The number of aliphatic carboxylic acids is 2. The van der Waals surface area contributed by atoms with Gasteiger partial charge in [-0.05, 0) is 35.7 Å². The highest BCUT2D eigenvalue weighted by atomic mass is 32.2. The normalized spacial score (nSPS) is 10.8. The van der Waals surface area contributed by atoms with Crippen LogP contribution in [0.2, 0.25) is 0 Å². The molecule has 5 heteroatoms. The van der Waals surface area contributed by atoms with Crippen molar-refractivity contribution in [3.63, 3.8) is 0 Å². The molecule has 4 nitrogen and oxygen atoms in total. The summed E-state index contributed by atoms with van der Waals surface area (Å²) in [5.74, 6) is -2.94. The van der Waals surface area contributed by atoms with E-state index in [0.29, 0.717) is 0 Å². The van der Waals surface area contributed by atoms with Gasteiger partial charge in [0.25, 0.3) is 0 Å². The van der Waals surface area contributed by atoms with Crippen LogP contribution in [0.3, 0.4) is 0 Å². The first-order chi connectivity index (χ1) is 14.2. The van der Waals surface area contributed by atoms with E-state index in [1.165, 1.54) is 20.2 Å². The van der Waals surface area contributed by atoms with E-state index in [2.05, 4.69) is 106 Å². The Balaban J connectivity index is 0.000000396. The molecule has 0 aromatic heterocycles. The van der Waals surface area contributed by atoms with Crippen LogP contribution in [-0.2, 0) is 25.9 Å². The van der Waals surface area contributed by atoms with Crippen molar-refractivity contribution in [1.82, 2.24) is 0 Å². The molecule has 0 aliphatic carbocycles. The first-order valence-corrected chi connectivity index (χ1v) is 10.8. The van der Waals surface area contributed by atoms with Gasteiger partial charge in [-0.1, -0.05) is 75.4 Å². The van der Waals surface area contributed by atoms with Crippen molar-refractivity contribution in [2.45, 2.75) is 47.3 Å². The van der Waals surface area contributed by atoms with Gasteiger partial charge in [-0.3, -0.25) is 4.79 Å². The van der Waals surface area contributed by atoms with E-state index in [0.717, 1.165) is 0 Å². The van der Waals surface area contributed by atoms with Gasteiger partial charge in [0.2, 0.25) is 0 Å². The molecule has 0 amide bonds. The predicted octanol–water partition coefficient (Wildman–Crippen LogP) is 4.29. The molecule has 30 heavy (non-hydrogen) atoms. The van der Waals surface area contributed by atoms with Gasteiger partial charge >= 0.3 is 5.97 Å². The molecular weight excluding hydrogens is 396 g/mol. The maximum Gasteiger partial charge on any atom is 0.309 e. The fourth-order valence-corrected chi connectivity index (χ4v) is 5.34. The third-order valence-electron chi connectivity index (χ3n) is 4.17. The van der Waals surface area contributed by atoms with E-state index in [1.54, 1.807) is 0 Å². The van der Waals surface area contributed by atoms with E-state index in [1.807, 2.05) is 0 Å². The fourth-order valence-electron chi connectivity index (χ4n) is 2.89. The molecule has 0 saturated heterocycles. The van der Waals surface area contributed by atoms with Gasteiger partial charge in [0.1, 0.15) is 0 Å². The number of carboxylic acid groups (broad SMARTS) is 2. The average molecular weight is 423 g/mol. The SMILES string of the molecule is CC(C)(C)c1ccccc1[S+](c1ccccc1)c1ccccc1.O=C([O-])CC(=O)O. The summed E-state index contributed by atoms with van der Waals surface area (Å²) in [6, 6.07) is 30.6. The molecule has 0 aliphatic rings. The Kier molecular flexibility index (Phi) is 8.25. The van der Waals surface area contributed by atoms with Gasteiger partial charge in [0.05, 0.1) is 23.3 Å². The van der Waals surface area contributed by atoms with Crippen LogP contribution >= 0.6 is 0 Å². The molecule has 0 atom stereocenters. The highest BCUT2D eigenvalue weighted by Crippen LogP contribution is 2.37. The van der Waals surface area contributed by atoms with Crippen molar-refractivity contribution in [2.75, 3.05) is 0 Å². The Labute approximate surface area is 180 Å². The number of benzene rings is 3. The maximum absolute atomic E-state index is 9.39. The molecule has 0 unspecified atom stereocenters. The van der Waals surface area contributed by atoms with Crippen LogP contribution in [0.15, 0.2) is 99.6 Å². The molecule has 0 heterocycles. The van der Waals surface area contributed by atoms with Gasteiger partial charge in [0, 0.05) is 5.56 Å². The van der Waals surface area contributed by atoms with Crippen LogP contribution in [-0.4, -0.2) is 17.0 Å². The lowest BCUT2D eigenvalue weighted by Crippen LogP contribution is -2.24. The molecule has 0 aliphatic heterocycles. The number of carbonyl (C=O) groups is 2. The number of carbonyl (C=O) groups excluding carboxylic acids is 1. The molecule has 3 aromatic rings. The Morgan fingerprint density at radius 2 is 1.23 bits per heavy atom. The summed E-state index contributed by atoms with van der Waals surface area (Å²) in [5.41, 5.74) is 1.56. The van der Waals surface area contributed by atoms with Crippen LogP contribution in [0.25, 0.3) is 0 Å². The number of carboxylic acids is 2. The molecule has 0 bridgehead atoms. The lowest BCUT2D eigenvalue weighted by Gasteiger charge is -2.22. The van der Waals surface area contributed by atoms with Crippen LogP contribution in [0.5, 0.6) is 0 Å². The smallest absolute Gasteiger partial charge is 0.309 e. The third kappa shape index (κ3) is 6.78. The second-order valence-corrected chi connectivity index (χ2v) is 9.62. The van der Waals surface area contributed by atoms with E-state index in [4.69, 9.17) is 5.11 Å². The second kappa shape index (κ2) is 10.6. The maximum atomic E-state index is 9.39. The van der Waals surface area contributed by atoms with Gasteiger partial charge in [-0.25, -0.2) is 0 Å². The van der Waals surface area contributed by atoms with Gasteiger partial charge in [0.15, 0.2) is 14.7 Å². The Morgan fingerprint density at radius 3 is 1.60 bits per heavy atom. The van der Waals surface area contributed by atoms with E-state index >= 15 is 0 Å². The minimum absolute atomic E-state index is 0.0727. The Hall–Kier alpha value is -3.05. The quantitative estimate of drug-likeness (QED) is 0.491. The molecule has 3 rings (SSSR count). The average Bonchev–Trinajstić information content (AvgIpc) is 2.69. The van der Waals surface area contributed by atoms with Crippen molar-refractivity contribution in [3.05, 3.63) is 90.5 Å². The molecule has 0 fully saturated rings. The van der Waals surface area contributed by atoms with Crippen molar-refractivity contribution in [1.29, 1.82) is 0 Å². The molecule has 0 radical (unpaired) electrons. The Bertz CT molecular complexity index is 912. The van der Waals surface area contributed by atoms with E-state index in [9.17, 15) is 14.7 Å². The highest BCUT2D eigenvalue weighted by molar-refractivity contribution is 7.97. The first-order valence-electron chi connectivity index (χ1n) is 9.55. The molecular formula is C25H26O4S. The summed E-state index contributed by atoms with van der Waals surface area (Å²) >= 11 is 0. The molecule has 0 saturated carbocycles. The van der Waals surface area contributed by atoms with Crippen LogP contribution in [0, 0.1) is 0 Å². The summed E-state index contributed by atoms with van der Waals surface area (Å²) in [6.45, 7) is 6.88. The lowest BCUT2D eigenvalue weighted by atomic mass is 9.87. The van der Waals surface area contributed by atoms with Crippen LogP contribution in [0.1, 0.15) is 32.8 Å². The minimum atomic E-state index is -1.56. The number of hydrogen-bond acceptors (Lipinski definition) is 3. The van der Waals surface area contributed by atoms with Crippen molar-refractivity contribution < 1.29 is 19.8 Å². The molecule has 3 aromatic carbocycles.